The van der Waals surface area contributed by atoms with Crippen molar-refractivity contribution in [3.63, 3.8) is 0 Å². The van der Waals surface area contributed by atoms with Crippen LogP contribution in [0.15, 0.2) is 12.1 Å². The molecule has 0 saturated carbocycles. The first-order chi connectivity index (χ1) is 9.45. The van der Waals surface area contributed by atoms with Gasteiger partial charge in [0.2, 0.25) is 0 Å². The zero-order valence-electron chi connectivity index (χ0n) is 13.6. The Balaban J connectivity index is 2.58. The first-order valence-electron chi connectivity index (χ1n) is 7.74. The van der Waals surface area contributed by atoms with Gasteiger partial charge in [0.1, 0.15) is 0 Å². The van der Waals surface area contributed by atoms with Crippen molar-refractivity contribution >= 4 is 5.97 Å². The molecule has 2 heteroatoms. The van der Waals surface area contributed by atoms with Gasteiger partial charge < -0.3 is 4.74 Å². The Morgan fingerprint density at radius 3 is 2.25 bits per heavy atom. The van der Waals surface area contributed by atoms with Gasteiger partial charge in [0.05, 0.1) is 11.7 Å². The van der Waals surface area contributed by atoms with Gasteiger partial charge in [0.25, 0.3) is 0 Å². The van der Waals surface area contributed by atoms with E-state index >= 15 is 0 Å². The fourth-order valence-corrected chi connectivity index (χ4v) is 2.66. The maximum absolute atomic E-state index is 12.3. The zero-order chi connectivity index (χ0) is 15.1. The van der Waals surface area contributed by atoms with Crippen LogP contribution in [0.1, 0.15) is 73.0 Å². The monoisotopic (exact) mass is 276 g/mol. The van der Waals surface area contributed by atoms with Crippen LogP contribution >= 0.6 is 0 Å². The molecule has 0 aliphatic carbocycles. The van der Waals surface area contributed by atoms with Gasteiger partial charge in [-0.3, -0.25) is 0 Å². The van der Waals surface area contributed by atoms with Crippen molar-refractivity contribution in [2.75, 3.05) is 0 Å². The van der Waals surface area contributed by atoms with Crippen LogP contribution in [-0.4, -0.2) is 12.1 Å². The number of rotatable bonds is 7. The molecular formula is C18H28O2. The second kappa shape index (κ2) is 8.08. The molecule has 0 bridgehead atoms. The van der Waals surface area contributed by atoms with Crippen molar-refractivity contribution in [1.82, 2.24) is 0 Å². The van der Waals surface area contributed by atoms with Gasteiger partial charge in [0.15, 0.2) is 0 Å². The lowest BCUT2D eigenvalue weighted by Crippen LogP contribution is -2.17. The first kappa shape index (κ1) is 16.7. The zero-order valence-corrected chi connectivity index (χ0v) is 13.6. The van der Waals surface area contributed by atoms with Gasteiger partial charge in [0, 0.05) is 0 Å². The van der Waals surface area contributed by atoms with E-state index in [-0.39, 0.29) is 12.1 Å². The SMILES string of the molecule is CCCCCC[C@@H](C)OC(=O)c1c(C)cc(C)cc1C. The number of carbonyl (C=O) groups is 1. The molecular weight excluding hydrogens is 248 g/mol. The quantitative estimate of drug-likeness (QED) is 0.510. The third kappa shape index (κ3) is 4.99. The minimum Gasteiger partial charge on any atom is -0.459 e. The normalized spacial score (nSPS) is 12.2. The summed E-state index contributed by atoms with van der Waals surface area (Å²) < 4.78 is 5.58. The van der Waals surface area contributed by atoms with E-state index in [9.17, 15) is 4.79 Å². The molecule has 0 N–H and O–H groups in total. The van der Waals surface area contributed by atoms with E-state index < -0.39 is 0 Å². The molecule has 0 spiro atoms. The summed E-state index contributed by atoms with van der Waals surface area (Å²) in [5.41, 5.74) is 3.93. The summed E-state index contributed by atoms with van der Waals surface area (Å²) in [6, 6.07) is 4.07. The summed E-state index contributed by atoms with van der Waals surface area (Å²) in [5.74, 6) is -0.178. The van der Waals surface area contributed by atoms with Crippen LogP contribution in [-0.2, 0) is 4.74 Å². The Bertz CT molecular complexity index is 426. The van der Waals surface area contributed by atoms with E-state index in [0.717, 1.165) is 29.5 Å². The minimum absolute atomic E-state index is 0.000501. The molecule has 0 saturated heterocycles. The number of ether oxygens (including phenoxy) is 1. The molecule has 0 unspecified atom stereocenters. The second-order valence-electron chi connectivity index (χ2n) is 5.84. The van der Waals surface area contributed by atoms with E-state index in [4.69, 9.17) is 4.74 Å². The van der Waals surface area contributed by atoms with Crippen molar-refractivity contribution < 1.29 is 9.53 Å². The molecule has 0 aromatic heterocycles. The standard InChI is InChI=1S/C18H28O2/c1-6-7-8-9-10-16(5)20-18(19)17-14(3)11-13(2)12-15(17)4/h11-12,16H,6-10H2,1-5H3/t16-/m1/s1. The molecule has 2 nitrogen and oxygen atoms in total. The van der Waals surface area contributed by atoms with Gasteiger partial charge >= 0.3 is 5.97 Å². The Kier molecular flexibility index (Phi) is 6.77. The minimum atomic E-state index is -0.178. The lowest BCUT2D eigenvalue weighted by Gasteiger charge is -2.16. The number of benzene rings is 1. The lowest BCUT2D eigenvalue weighted by atomic mass is 10.00. The molecule has 1 rings (SSSR count). The number of unbranched alkanes of at least 4 members (excludes halogenated alkanes) is 3. The molecule has 0 amide bonds. The summed E-state index contributed by atoms with van der Waals surface area (Å²) in [6.45, 7) is 10.2. The highest BCUT2D eigenvalue weighted by Gasteiger charge is 2.16. The molecule has 1 aromatic carbocycles. The maximum atomic E-state index is 12.3. The summed E-state index contributed by atoms with van der Waals surface area (Å²) in [4.78, 5) is 12.3. The number of aryl methyl sites for hydroxylation is 3. The Labute approximate surface area is 123 Å². The highest BCUT2D eigenvalue weighted by atomic mass is 16.5. The van der Waals surface area contributed by atoms with Crippen molar-refractivity contribution in [2.45, 2.75) is 72.8 Å². The van der Waals surface area contributed by atoms with Crippen LogP contribution in [0.3, 0.4) is 0 Å². The molecule has 0 heterocycles. The van der Waals surface area contributed by atoms with Gasteiger partial charge in [-0.1, -0.05) is 43.9 Å². The fraction of sp³-hybridized carbons (Fsp3) is 0.611. The van der Waals surface area contributed by atoms with Crippen molar-refractivity contribution in [2.24, 2.45) is 0 Å². The second-order valence-corrected chi connectivity index (χ2v) is 5.84. The summed E-state index contributed by atoms with van der Waals surface area (Å²) in [5, 5.41) is 0. The molecule has 112 valence electrons. The van der Waals surface area contributed by atoms with Crippen LogP contribution < -0.4 is 0 Å². The van der Waals surface area contributed by atoms with Crippen LogP contribution in [0.2, 0.25) is 0 Å². The fourth-order valence-electron chi connectivity index (χ4n) is 2.66. The van der Waals surface area contributed by atoms with Gasteiger partial charge in [-0.05, 0) is 51.7 Å². The average molecular weight is 276 g/mol. The maximum Gasteiger partial charge on any atom is 0.338 e. The van der Waals surface area contributed by atoms with E-state index in [1.807, 2.05) is 39.8 Å². The van der Waals surface area contributed by atoms with Crippen molar-refractivity contribution in [3.8, 4) is 0 Å². The van der Waals surface area contributed by atoms with Crippen molar-refractivity contribution in [1.29, 1.82) is 0 Å². The lowest BCUT2D eigenvalue weighted by molar-refractivity contribution is 0.0317. The first-order valence-corrected chi connectivity index (χ1v) is 7.74. The smallest absolute Gasteiger partial charge is 0.338 e. The summed E-state index contributed by atoms with van der Waals surface area (Å²) in [7, 11) is 0. The van der Waals surface area contributed by atoms with Crippen LogP contribution in [0.5, 0.6) is 0 Å². The molecule has 1 aromatic rings. The Morgan fingerprint density at radius 1 is 1.10 bits per heavy atom. The van der Waals surface area contributed by atoms with Crippen molar-refractivity contribution in [3.05, 3.63) is 34.4 Å². The van der Waals surface area contributed by atoms with E-state index in [1.165, 1.54) is 24.8 Å². The molecule has 0 aliphatic heterocycles. The Hall–Kier alpha value is -1.31. The molecule has 1 atom stereocenters. The van der Waals surface area contributed by atoms with Crippen LogP contribution in [0.25, 0.3) is 0 Å². The van der Waals surface area contributed by atoms with Gasteiger partial charge in [-0.2, -0.15) is 0 Å². The van der Waals surface area contributed by atoms with Gasteiger partial charge in [-0.25, -0.2) is 4.79 Å². The average Bonchev–Trinajstić information content (AvgIpc) is 2.33. The number of hydrogen-bond acceptors (Lipinski definition) is 2. The van der Waals surface area contributed by atoms with Crippen LogP contribution in [0.4, 0.5) is 0 Å². The summed E-state index contributed by atoms with van der Waals surface area (Å²) in [6.07, 6.45) is 5.80. The number of hydrogen-bond donors (Lipinski definition) is 0. The Morgan fingerprint density at radius 2 is 1.70 bits per heavy atom. The predicted octanol–water partition coefficient (Wildman–Crippen LogP) is 5.13. The largest absolute Gasteiger partial charge is 0.459 e. The van der Waals surface area contributed by atoms with E-state index in [0.29, 0.717) is 0 Å². The summed E-state index contributed by atoms with van der Waals surface area (Å²) >= 11 is 0. The molecule has 0 radical (unpaired) electrons. The molecule has 20 heavy (non-hydrogen) atoms. The highest BCUT2D eigenvalue weighted by Crippen LogP contribution is 2.19. The molecule has 0 fully saturated rings. The van der Waals surface area contributed by atoms with Crippen LogP contribution in [0, 0.1) is 20.8 Å². The third-order valence-electron chi connectivity index (χ3n) is 3.65. The van der Waals surface area contributed by atoms with E-state index in [1.54, 1.807) is 0 Å². The third-order valence-corrected chi connectivity index (χ3v) is 3.65. The topological polar surface area (TPSA) is 26.3 Å². The molecule has 0 aliphatic rings. The number of carbonyl (C=O) groups excluding carboxylic acids is 1. The predicted molar refractivity (Wildman–Crippen MR) is 84.3 cm³/mol. The number of esters is 1. The van der Waals surface area contributed by atoms with Gasteiger partial charge in [-0.15, -0.1) is 0 Å². The van der Waals surface area contributed by atoms with E-state index in [2.05, 4.69) is 6.92 Å². The highest BCUT2D eigenvalue weighted by molar-refractivity contribution is 5.92.